The van der Waals surface area contributed by atoms with Crippen LogP contribution in [0.15, 0.2) is 90.8 Å². The van der Waals surface area contributed by atoms with E-state index in [1.165, 1.54) is 0 Å². The highest BCUT2D eigenvalue weighted by molar-refractivity contribution is 7.80. The first-order valence-corrected chi connectivity index (χ1v) is 11.7. The van der Waals surface area contributed by atoms with Gasteiger partial charge < -0.3 is 14.2 Å². The number of thiocarbonyl (C=S) groups is 1. The summed E-state index contributed by atoms with van der Waals surface area (Å²) in [5.74, 6) is 0.637. The highest BCUT2D eigenvalue weighted by atomic mass is 35.5. The number of carbonyl (C=O) groups excluding carboxylic acids is 1. The van der Waals surface area contributed by atoms with Crippen LogP contribution in [0, 0.1) is 0 Å². The van der Waals surface area contributed by atoms with Gasteiger partial charge in [-0.05, 0) is 60.8 Å². The molecule has 1 aliphatic heterocycles. The van der Waals surface area contributed by atoms with E-state index in [4.69, 9.17) is 28.6 Å². The van der Waals surface area contributed by atoms with Crippen molar-refractivity contribution in [3.05, 3.63) is 101 Å². The largest absolute Gasteiger partial charge is 0.492 e. The summed E-state index contributed by atoms with van der Waals surface area (Å²) in [6.07, 6.45) is 3.97. The maximum atomic E-state index is 13.3. The zero-order valence-electron chi connectivity index (χ0n) is 18.5. The zero-order valence-corrected chi connectivity index (χ0v) is 20.1. The van der Waals surface area contributed by atoms with Crippen LogP contribution in [0.1, 0.15) is 5.56 Å². The minimum Gasteiger partial charge on any atom is -0.492 e. The van der Waals surface area contributed by atoms with Gasteiger partial charge in [0.2, 0.25) is 0 Å². The number of para-hydroxylation sites is 2. The lowest BCUT2D eigenvalue weighted by Gasteiger charge is -2.16. The second-order valence-corrected chi connectivity index (χ2v) is 8.75. The lowest BCUT2D eigenvalue weighted by atomic mass is 10.1. The molecule has 1 aromatic heterocycles. The van der Waals surface area contributed by atoms with Crippen LogP contribution in [0.3, 0.4) is 0 Å². The molecule has 34 heavy (non-hydrogen) atoms. The Morgan fingerprint density at radius 1 is 0.971 bits per heavy atom. The van der Waals surface area contributed by atoms with Gasteiger partial charge in [0.05, 0.1) is 12.2 Å². The monoisotopic (exact) mass is 487 g/mol. The van der Waals surface area contributed by atoms with Gasteiger partial charge in [0.25, 0.3) is 5.91 Å². The average molecular weight is 488 g/mol. The molecular weight excluding hydrogens is 466 g/mol. The number of carbonyl (C=O) groups is 1. The van der Waals surface area contributed by atoms with Gasteiger partial charge in [-0.1, -0.05) is 48.0 Å². The fraction of sp³-hybridized carbons (Fsp3) is 0.111. The Morgan fingerprint density at radius 3 is 2.44 bits per heavy atom. The van der Waals surface area contributed by atoms with Gasteiger partial charge in [0.15, 0.2) is 5.11 Å². The number of amides is 1. The molecule has 0 spiro atoms. The Balaban J connectivity index is 1.43. The molecule has 7 heteroatoms. The predicted molar refractivity (Wildman–Crippen MR) is 141 cm³/mol. The van der Waals surface area contributed by atoms with E-state index < -0.39 is 0 Å². The van der Waals surface area contributed by atoms with E-state index in [1.54, 1.807) is 9.80 Å². The van der Waals surface area contributed by atoms with Gasteiger partial charge in [-0.2, -0.15) is 0 Å². The Morgan fingerprint density at radius 2 is 1.68 bits per heavy atom. The molecule has 1 aliphatic rings. The van der Waals surface area contributed by atoms with Crippen molar-refractivity contribution in [2.75, 3.05) is 18.6 Å². The molecule has 0 unspecified atom stereocenters. The summed E-state index contributed by atoms with van der Waals surface area (Å²) in [6.45, 7) is 1.16. The molecule has 1 saturated heterocycles. The average Bonchev–Trinajstić information content (AvgIpc) is 3.31. The molecule has 0 radical (unpaired) electrons. The minimum atomic E-state index is -0.137. The first-order valence-electron chi connectivity index (χ1n) is 10.9. The lowest BCUT2D eigenvalue weighted by molar-refractivity contribution is -0.114. The van der Waals surface area contributed by atoms with E-state index in [1.807, 2.05) is 79.9 Å². The first-order chi connectivity index (χ1) is 16.5. The van der Waals surface area contributed by atoms with Crippen molar-refractivity contribution in [2.24, 2.45) is 0 Å². The second kappa shape index (κ2) is 9.33. The maximum absolute atomic E-state index is 13.3. The maximum Gasteiger partial charge on any atom is 0.281 e. The van der Waals surface area contributed by atoms with Crippen molar-refractivity contribution in [3.63, 3.8) is 0 Å². The number of hydrogen-bond acceptors (Lipinski definition) is 3. The van der Waals surface area contributed by atoms with Crippen LogP contribution in [-0.2, 0) is 11.3 Å². The molecule has 5 nitrogen and oxygen atoms in total. The summed E-state index contributed by atoms with van der Waals surface area (Å²) >= 11 is 11.5. The number of rotatable bonds is 6. The van der Waals surface area contributed by atoms with Crippen LogP contribution in [0.4, 0.5) is 5.69 Å². The number of fused-ring (bicyclic) bond motifs is 1. The van der Waals surface area contributed by atoms with Gasteiger partial charge in [-0.3, -0.25) is 9.69 Å². The SMILES string of the molecule is CN1C(=S)N(c2ccccc2)C(=O)/C1=C/c1cn(CCOc2ccc(Cl)cc2)c2ccccc12. The summed E-state index contributed by atoms with van der Waals surface area (Å²) in [7, 11) is 1.83. The second-order valence-electron chi connectivity index (χ2n) is 7.94. The molecule has 3 aromatic carbocycles. The van der Waals surface area contributed by atoms with Crippen LogP contribution >= 0.6 is 23.8 Å². The third kappa shape index (κ3) is 4.18. The fourth-order valence-electron chi connectivity index (χ4n) is 4.08. The van der Waals surface area contributed by atoms with E-state index in [-0.39, 0.29) is 5.91 Å². The van der Waals surface area contributed by atoms with Crippen molar-refractivity contribution in [2.45, 2.75) is 6.54 Å². The van der Waals surface area contributed by atoms with Gasteiger partial charge in [-0.15, -0.1) is 0 Å². The van der Waals surface area contributed by atoms with Crippen molar-refractivity contribution >= 4 is 57.5 Å². The number of hydrogen-bond donors (Lipinski definition) is 0. The number of ether oxygens (including phenoxy) is 1. The van der Waals surface area contributed by atoms with Crippen molar-refractivity contribution in [1.29, 1.82) is 0 Å². The summed E-state index contributed by atoms with van der Waals surface area (Å²) in [5.41, 5.74) is 3.32. The molecule has 1 fully saturated rings. The summed E-state index contributed by atoms with van der Waals surface area (Å²) in [5, 5.41) is 2.20. The number of nitrogens with zero attached hydrogens (tertiary/aromatic N) is 3. The smallest absolute Gasteiger partial charge is 0.281 e. The summed E-state index contributed by atoms with van der Waals surface area (Å²) in [6, 6.07) is 24.9. The summed E-state index contributed by atoms with van der Waals surface area (Å²) in [4.78, 5) is 16.7. The number of anilines is 1. The zero-order chi connectivity index (χ0) is 23.7. The Labute approximate surface area is 208 Å². The van der Waals surface area contributed by atoms with Crippen LogP contribution in [0.5, 0.6) is 5.75 Å². The van der Waals surface area contributed by atoms with Crippen LogP contribution < -0.4 is 9.64 Å². The van der Waals surface area contributed by atoms with Gasteiger partial charge in [0.1, 0.15) is 18.1 Å². The topological polar surface area (TPSA) is 37.7 Å². The van der Waals surface area contributed by atoms with E-state index >= 15 is 0 Å². The van der Waals surface area contributed by atoms with E-state index in [2.05, 4.69) is 22.9 Å². The molecule has 0 bridgehead atoms. The third-order valence-corrected chi connectivity index (χ3v) is 6.51. The Bertz CT molecular complexity index is 1400. The first kappa shape index (κ1) is 22.2. The highest BCUT2D eigenvalue weighted by Gasteiger charge is 2.36. The standard InChI is InChI=1S/C27H22ClN3O2S/c1-29-25(26(32)31(27(29)34)21-7-3-2-4-8-21)17-19-18-30(24-10-6-5-9-23(19)24)15-16-33-22-13-11-20(28)12-14-22/h2-14,17-18H,15-16H2,1H3/b25-17-. The van der Waals surface area contributed by atoms with E-state index in [0.717, 1.165) is 27.9 Å². The molecule has 4 aromatic rings. The third-order valence-electron chi connectivity index (χ3n) is 5.80. The lowest BCUT2D eigenvalue weighted by Crippen LogP contribution is -2.30. The molecule has 170 valence electrons. The summed E-state index contributed by atoms with van der Waals surface area (Å²) < 4.78 is 8.03. The molecule has 0 aliphatic carbocycles. The molecule has 2 heterocycles. The molecule has 0 atom stereocenters. The van der Waals surface area contributed by atoms with Gasteiger partial charge >= 0.3 is 0 Å². The fourth-order valence-corrected chi connectivity index (χ4v) is 4.49. The molecule has 1 amide bonds. The van der Waals surface area contributed by atoms with E-state index in [0.29, 0.717) is 29.0 Å². The number of aromatic nitrogens is 1. The van der Waals surface area contributed by atoms with Crippen LogP contribution in [0.2, 0.25) is 5.02 Å². The Hall–Kier alpha value is -3.61. The van der Waals surface area contributed by atoms with Crippen molar-refractivity contribution in [1.82, 2.24) is 9.47 Å². The quantitative estimate of drug-likeness (QED) is 0.248. The number of likely N-dealkylation sites (N-methyl/N-ethyl adjacent to an activating group) is 1. The van der Waals surface area contributed by atoms with Crippen molar-refractivity contribution in [3.8, 4) is 5.75 Å². The van der Waals surface area contributed by atoms with Crippen molar-refractivity contribution < 1.29 is 9.53 Å². The van der Waals surface area contributed by atoms with Crippen LogP contribution in [0.25, 0.3) is 17.0 Å². The Kier molecular flexibility index (Phi) is 6.09. The minimum absolute atomic E-state index is 0.137. The van der Waals surface area contributed by atoms with Gasteiger partial charge in [-0.25, -0.2) is 0 Å². The molecular formula is C27H22ClN3O2S. The van der Waals surface area contributed by atoms with Gasteiger partial charge in [0, 0.05) is 34.7 Å². The number of halogens is 1. The molecule has 0 saturated carbocycles. The highest BCUT2D eigenvalue weighted by Crippen LogP contribution is 2.30. The number of benzene rings is 3. The normalized spacial score (nSPS) is 15.1. The predicted octanol–water partition coefficient (Wildman–Crippen LogP) is 5.98. The van der Waals surface area contributed by atoms with E-state index in [9.17, 15) is 4.79 Å². The molecule has 5 rings (SSSR count). The van der Waals surface area contributed by atoms with Crippen LogP contribution in [-0.4, -0.2) is 34.1 Å². The molecule has 0 N–H and O–H groups in total.